The van der Waals surface area contributed by atoms with Crippen molar-refractivity contribution in [2.24, 2.45) is 0 Å². The summed E-state index contributed by atoms with van der Waals surface area (Å²) in [5.74, 6) is 0.0363. The van der Waals surface area contributed by atoms with Crippen molar-refractivity contribution in [3.8, 4) is 16.9 Å². The number of piperazine rings is 1. The molecule has 1 saturated heterocycles. The second-order valence-corrected chi connectivity index (χ2v) is 11.5. The Morgan fingerprint density at radius 2 is 1.61 bits per heavy atom. The molecule has 0 bridgehead atoms. The smallest absolute Gasteiger partial charge is 0.295 e. The van der Waals surface area contributed by atoms with Gasteiger partial charge in [0, 0.05) is 48.9 Å². The second kappa shape index (κ2) is 9.99. The maximum atomic E-state index is 13.6. The van der Waals surface area contributed by atoms with Crippen molar-refractivity contribution < 1.29 is 13.3 Å². The number of aryl methyl sites for hydroxylation is 1. The fraction of sp³-hybridized carbons (Fsp3) is 0.259. The number of anilines is 1. The summed E-state index contributed by atoms with van der Waals surface area (Å²) in [5, 5.41) is 17.7. The van der Waals surface area contributed by atoms with E-state index in [0.717, 1.165) is 15.8 Å². The first kappa shape index (κ1) is 25.6. The Hall–Kier alpha value is -4.09. The van der Waals surface area contributed by atoms with E-state index in [-0.39, 0.29) is 17.1 Å². The Balaban J connectivity index is 1.64. The SMILES string of the molecule is CCS(=O)(=O)N1CCN(c2ccc([N+](=O)[O-])c(-n3nc(-c4ccc(C)cc4)c4ccccc4c3=O)c2)CC1. The molecule has 38 heavy (non-hydrogen) atoms. The van der Waals surface area contributed by atoms with Crippen LogP contribution in [0.4, 0.5) is 11.4 Å². The molecule has 0 radical (unpaired) electrons. The normalized spacial score (nSPS) is 14.6. The Morgan fingerprint density at radius 1 is 0.947 bits per heavy atom. The highest BCUT2D eigenvalue weighted by Crippen LogP contribution is 2.31. The van der Waals surface area contributed by atoms with Gasteiger partial charge >= 0.3 is 0 Å². The third-order valence-corrected chi connectivity index (χ3v) is 8.76. The number of benzene rings is 3. The zero-order valence-corrected chi connectivity index (χ0v) is 21.9. The number of nitro benzene ring substituents is 1. The van der Waals surface area contributed by atoms with Crippen molar-refractivity contribution in [1.29, 1.82) is 0 Å². The van der Waals surface area contributed by atoms with E-state index in [0.29, 0.717) is 48.3 Å². The van der Waals surface area contributed by atoms with Crippen LogP contribution in [0.5, 0.6) is 0 Å². The molecule has 0 atom stereocenters. The number of sulfonamides is 1. The zero-order chi connectivity index (χ0) is 27.0. The Morgan fingerprint density at radius 3 is 2.24 bits per heavy atom. The van der Waals surface area contributed by atoms with E-state index in [9.17, 15) is 23.3 Å². The fourth-order valence-corrected chi connectivity index (χ4v) is 5.80. The van der Waals surface area contributed by atoms with Crippen LogP contribution in [-0.4, -0.2) is 59.4 Å². The molecule has 196 valence electrons. The van der Waals surface area contributed by atoms with Crippen LogP contribution in [0, 0.1) is 17.0 Å². The lowest BCUT2D eigenvalue weighted by atomic mass is 10.0. The number of rotatable bonds is 6. The zero-order valence-electron chi connectivity index (χ0n) is 21.1. The summed E-state index contributed by atoms with van der Waals surface area (Å²) < 4.78 is 27.1. The van der Waals surface area contributed by atoms with E-state index < -0.39 is 20.5 Å². The van der Waals surface area contributed by atoms with Gasteiger partial charge in [0.15, 0.2) is 0 Å². The van der Waals surface area contributed by atoms with Gasteiger partial charge in [-0.2, -0.15) is 14.1 Å². The third kappa shape index (κ3) is 4.66. The molecular formula is C27H27N5O5S. The summed E-state index contributed by atoms with van der Waals surface area (Å²) in [6, 6.07) is 19.4. The van der Waals surface area contributed by atoms with Gasteiger partial charge in [0.05, 0.1) is 21.8 Å². The van der Waals surface area contributed by atoms with Crippen LogP contribution < -0.4 is 10.5 Å². The molecule has 11 heteroatoms. The van der Waals surface area contributed by atoms with Crippen LogP contribution in [-0.2, 0) is 10.0 Å². The number of fused-ring (bicyclic) bond motifs is 1. The second-order valence-electron chi connectivity index (χ2n) is 9.19. The Bertz CT molecular complexity index is 1690. The minimum Gasteiger partial charge on any atom is -0.369 e. The van der Waals surface area contributed by atoms with Crippen molar-refractivity contribution in [3.05, 3.63) is 92.8 Å². The van der Waals surface area contributed by atoms with E-state index in [1.54, 1.807) is 31.2 Å². The van der Waals surface area contributed by atoms with Crippen LogP contribution in [0.1, 0.15) is 12.5 Å². The average molecular weight is 534 g/mol. The van der Waals surface area contributed by atoms with Gasteiger partial charge in [-0.3, -0.25) is 14.9 Å². The predicted octanol–water partition coefficient (Wildman–Crippen LogP) is 3.74. The molecule has 0 amide bonds. The quantitative estimate of drug-likeness (QED) is 0.274. The monoisotopic (exact) mass is 533 g/mol. The van der Waals surface area contributed by atoms with Crippen LogP contribution >= 0.6 is 0 Å². The molecular weight excluding hydrogens is 506 g/mol. The molecule has 0 unspecified atom stereocenters. The number of nitro groups is 1. The molecule has 10 nitrogen and oxygen atoms in total. The largest absolute Gasteiger partial charge is 0.369 e. The maximum absolute atomic E-state index is 13.6. The molecule has 0 spiro atoms. The van der Waals surface area contributed by atoms with Crippen molar-refractivity contribution >= 4 is 32.2 Å². The lowest BCUT2D eigenvalue weighted by molar-refractivity contribution is -0.384. The topological polar surface area (TPSA) is 119 Å². The Kier molecular flexibility index (Phi) is 6.72. The van der Waals surface area contributed by atoms with Gasteiger partial charge in [-0.25, -0.2) is 8.42 Å². The molecule has 1 aliphatic rings. The first-order valence-corrected chi connectivity index (χ1v) is 13.9. The molecule has 0 N–H and O–H groups in total. The van der Waals surface area contributed by atoms with Gasteiger partial charge in [-0.1, -0.05) is 48.0 Å². The fourth-order valence-electron chi connectivity index (χ4n) is 4.72. The van der Waals surface area contributed by atoms with Crippen LogP contribution in [0.3, 0.4) is 0 Å². The molecule has 5 rings (SSSR count). The third-order valence-electron chi connectivity index (χ3n) is 6.88. The molecule has 1 aliphatic heterocycles. The molecule has 4 aromatic rings. The van der Waals surface area contributed by atoms with Crippen LogP contribution in [0.15, 0.2) is 71.5 Å². The minimum atomic E-state index is -3.29. The highest BCUT2D eigenvalue weighted by molar-refractivity contribution is 7.89. The summed E-state index contributed by atoms with van der Waals surface area (Å²) in [7, 11) is -3.29. The number of hydrogen-bond donors (Lipinski definition) is 0. The number of aromatic nitrogens is 2. The summed E-state index contributed by atoms with van der Waals surface area (Å²) in [5.41, 5.74) is 2.39. The molecule has 2 heterocycles. The van der Waals surface area contributed by atoms with Crippen LogP contribution in [0.25, 0.3) is 27.7 Å². The van der Waals surface area contributed by atoms with Gasteiger partial charge in [0.25, 0.3) is 11.2 Å². The first-order valence-electron chi connectivity index (χ1n) is 12.3. The molecule has 1 aromatic heterocycles. The Labute approximate surface area is 219 Å². The van der Waals surface area contributed by atoms with E-state index in [2.05, 4.69) is 5.10 Å². The molecule has 3 aromatic carbocycles. The summed E-state index contributed by atoms with van der Waals surface area (Å²) in [4.78, 5) is 27.1. The molecule has 0 aliphatic carbocycles. The van der Waals surface area contributed by atoms with E-state index in [4.69, 9.17) is 0 Å². The first-order chi connectivity index (χ1) is 18.2. The highest BCUT2D eigenvalue weighted by atomic mass is 32.2. The van der Waals surface area contributed by atoms with Gasteiger partial charge in [0.2, 0.25) is 10.0 Å². The summed E-state index contributed by atoms with van der Waals surface area (Å²) in [6.07, 6.45) is 0. The molecule has 1 fully saturated rings. The van der Waals surface area contributed by atoms with Gasteiger partial charge in [-0.15, -0.1) is 0 Å². The minimum absolute atomic E-state index is 0.0363. The van der Waals surface area contributed by atoms with Crippen molar-refractivity contribution in [3.63, 3.8) is 0 Å². The van der Waals surface area contributed by atoms with Crippen molar-refractivity contribution in [2.75, 3.05) is 36.8 Å². The van der Waals surface area contributed by atoms with Gasteiger partial charge in [-0.05, 0) is 32.0 Å². The van der Waals surface area contributed by atoms with E-state index in [1.807, 2.05) is 48.2 Å². The number of nitrogens with zero attached hydrogens (tertiary/aromatic N) is 5. The van der Waals surface area contributed by atoms with E-state index in [1.165, 1.54) is 10.4 Å². The van der Waals surface area contributed by atoms with Crippen molar-refractivity contribution in [1.82, 2.24) is 14.1 Å². The summed E-state index contributed by atoms with van der Waals surface area (Å²) in [6.45, 7) is 5.06. The average Bonchev–Trinajstić information content (AvgIpc) is 2.94. The van der Waals surface area contributed by atoms with Crippen molar-refractivity contribution in [2.45, 2.75) is 13.8 Å². The lowest BCUT2D eigenvalue weighted by Gasteiger charge is -2.35. The van der Waals surface area contributed by atoms with Gasteiger partial charge in [0.1, 0.15) is 5.69 Å². The van der Waals surface area contributed by atoms with Crippen LogP contribution in [0.2, 0.25) is 0 Å². The van der Waals surface area contributed by atoms with E-state index >= 15 is 0 Å². The predicted molar refractivity (Wildman–Crippen MR) is 147 cm³/mol. The standard InChI is InChI=1S/C27H27N5O5S/c1-3-38(36,37)30-16-14-29(15-17-30)21-12-13-24(32(34)35)25(18-21)31-27(33)23-7-5-4-6-22(23)26(28-31)20-10-8-19(2)9-11-20/h4-13,18H,3,14-17H2,1-2H3. The number of hydrogen-bond acceptors (Lipinski definition) is 7. The highest BCUT2D eigenvalue weighted by Gasteiger charge is 2.27. The lowest BCUT2D eigenvalue weighted by Crippen LogP contribution is -2.49. The maximum Gasteiger partial charge on any atom is 0.295 e. The molecule has 0 saturated carbocycles. The van der Waals surface area contributed by atoms with Gasteiger partial charge < -0.3 is 4.90 Å². The summed E-state index contributed by atoms with van der Waals surface area (Å²) >= 11 is 0.